The summed E-state index contributed by atoms with van der Waals surface area (Å²) in [6.07, 6.45) is 10.4. The third kappa shape index (κ3) is 1.05. The van der Waals surface area contributed by atoms with Crippen molar-refractivity contribution in [3.63, 3.8) is 0 Å². The Kier molecular flexibility index (Phi) is 1.74. The maximum atomic E-state index is 4.34. The minimum Gasteiger partial charge on any atom is -0.363 e. The molecule has 14 heavy (non-hydrogen) atoms. The number of fused-ring (bicyclic) bond motifs is 3. The van der Waals surface area contributed by atoms with Crippen molar-refractivity contribution in [1.82, 2.24) is 4.98 Å². The lowest BCUT2D eigenvalue weighted by atomic mass is 9.92. The predicted octanol–water partition coefficient (Wildman–Crippen LogP) is 2.85. The molecule has 0 saturated carbocycles. The number of aromatic nitrogens is 1. The molecule has 0 fully saturated rings. The van der Waals surface area contributed by atoms with Crippen molar-refractivity contribution < 1.29 is 0 Å². The van der Waals surface area contributed by atoms with Crippen LogP contribution in [0.15, 0.2) is 41.0 Å². The average Bonchev–Trinajstić information content (AvgIpc) is 2.57. The fourth-order valence-electron chi connectivity index (χ4n) is 2.06. The zero-order chi connectivity index (χ0) is 9.54. The number of hydrogen-bond acceptors (Lipinski definition) is 2. The molecule has 0 amide bonds. The summed E-state index contributed by atoms with van der Waals surface area (Å²) < 4.78 is 1.14. The van der Waals surface area contributed by atoms with Crippen LogP contribution < -0.4 is 5.32 Å². The molecule has 0 spiro atoms. The molecule has 1 aliphatic carbocycles. The molecule has 0 bridgehead atoms. The van der Waals surface area contributed by atoms with E-state index in [9.17, 15) is 0 Å². The van der Waals surface area contributed by atoms with E-state index in [-0.39, 0.29) is 0 Å². The fourth-order valence-corrected chi connectivity index (χ4v) is 2.63. The first-order valence-corrected chi connectivity index (χ1v) is 5.41. The zero-order valence-corrected chi connectivity index (χ0v) is 9.03. The van der Waals surface area contributed by atoms with E-state index < -0.39 is 0 Å². The molecule has 1 aromatic heterocycles. The van der Waals surface area contributed by atoms with Gasteiger partial charge in [0.1, 0.15) is 5.82 Å². The molecule has 0 saturated heterocycles. The molecule has 3 heteroatoms. The van der Waals surface area contributed by atoms with E-state index in [4.69, 9.17) is 0 Å². The Hall–Kier alpha value is -1.09. The number of rotatable bonds is 0. The normalized spacial score (nSPS) is 26.9. The largest absolute Gasteiger partial charge is 0.363 e. The molecule has 0 aromatic carbocycles. The van der Waals surface area contributed by atoms with Crippen LogP contribution in [0.3, 0.4) is 0 Å². The minimum atomic E-state index is 0.376. The predicted molar refractivity (Wildman–Crippen MR) is 60.4 cm³/mol. The third-order valence-corrected chi connectivity index (χ3v) is 3.40. The quantitative estimate of drug-likeness (QED) is 0.764. The highest BCUT2D eigenvalue weighted by Gasteiger charge is 2.32. The molecule has 2 atom stereocenters. The van der Waals surface area contributed by atoms with Crippen LogP contribution in [0.5, 0.6) is 0 Å². The molecule has 0 radical (unpaired) electrons. The second kappa shape index (κ2) is 2.95. The fraction of sp³-hybridized carbons (Fsp3) is 0.182. The number of halogens is 1. The van der Waals surface area contributed by atoms with E-state index in [1.54, 1.807) is 0 Å². The van der Waals surface area contributed by atoms with Crippen molar-refractivity contribution in [2.45, 2.75) is 12.0 Å². The summed E-state index contributed by atoms with van der Waals surface area (Å²) in [5, 5.41) is 3.40. The van der Waals surface area contributed by atoms with E-state index in [1.165, 1.54) is 5.56 Å². The summed E-state index contributed by atoms with van der Waals surface area (Å²) in [4.78, 5) is 4.34. The number of nitrogens with one attached hydrogen (secondary N) is 1. The Balaban J connectivity index is 2.17. The Morgan fingerprint density at radius 1 is 1.29 bits per heavy atom. The Labute approximate surface area is 90.9 Å². The van der Waals surface area contributed by atoms with Gasteiger partial charge in [-0.1, -0.05) is 40.2 Å². The highest BCUT2D eigenvalue weighted by atomic mass is 79.9. The standard InChI is InChI=1S/C11H9BrN2/c12-8-5-6-13-11-10(8)7-3-1-2-4-9(7)14-11/h1-7,9H,(H,13,14). The van der Waals surface area contributed by atoms with Gasteiger partial charge in [0.25, 0.3) is 0 Å². The van der Waals surface area contributed by atoms with Crippen LogP contribution in [0, 0.1) is 0 Å². The number of hydrogen-bond donors (Lipinski definition) is 1. The Morgan fingerprint density at radius 2 is 2.14 bits per heavy atom. The smallest absolute Gasteiger partial charge is 0.131 e. The van der Waals surface area contributed by atoms with Crippen LogP contribution >= 0.6 is 15.9 Å². The summed E-state index contributed by atoms with van der Waals surface area (Å²) in [5.74, 6) is 1.43. The number of anilines is 1. The van der Waals surface area contributed by atoms with Crippen molar-refractivity contribution in [2.75, 3.05) is 5.32 Å². The highest BCUT2D eigenvalue weighted by molar-refractivity contribution is 9.10. The molecular formula is C11H9BrN2. The Bertz CT molecular complexity index is 437. The molecule has 70 valence electrons. The van der Waals surface area contributed by atoms with Gasteiger partial charge in [0.05, 0.1) is 6.04 Å². The molecular weight excluding hydrogens is 240 g/mol. The van der Waals surface area contributed by atoms with Gasteiger partial charge in [-0.3, -0.25) is 0 Å². The summed E-state index contributed by atoms with van der Waals surface area (Å²) in [6.45, 7) is 0. The first-order chi connectivity index (χ1) is 6.86. The van der Waals surface area contributed by atoms with Gasteiger partial charge in [0, 0.05) is 22.2 Å². The maximum Gasteiger partial charge on any atom is 0.131 e. The van der Waals surface area contributed by atoms with Gasteiger partial charge in [-0.25, -0.2) is 4.98 Å². The maximum absolute atomic E-state index is 4.34. The molecule has 1 N–H and O–H groups in total. The average molecular weight is 249 g/mol. The molecule has 1 aliphatic heterocycles. The first kappa shape index (κ1) is 8.24. The van der Waals surface area contributed by atoms with E-state index in [2.05, 4.69) is 50.5 Å². The SMILES string of the molecule is Brc1ccnc2c1C1C=CC=CC1N2. The molecule has 2 nitrogen and oxygen atoms in total. The summed E-state index contributed by atoms with van der Waals surface area (Å²) in [6, 6.07) is 2.37. The highest BCUT2D eigenvalue weighted by Crippen LogP contribution is 2.41. The van der Waals surface area contributed by atoms with Gasteiger partial charge >= 0.3 is 0 Å². The van der Waals surface area contributed by atoms with Crippen molar-refractivity contribution in [3.05, 3.63) is 46.6 Å². The lowest BCUT2D eigenvalue weighted by Crippen LogP contribution is -2.17. The number of allylic oxidation sites excluding steroid dienone is 2. The van der Waals surface area contributed by atoms with Gasteiger partial charge in [-0.2, -0.15) is 0 Å². The van der Waals surface area contributed by atoms with Crippen LogP contribution in [-0.4, -0.2) is 11.0 Å². The number of nitrogens with zero attached hydrogens (tertiary/aromatic N) is 1. The molecule has 3 rings (SSSR count). The van der Waals surface area contributed by atoms with Gasteiger partial charge in [-0.15, -0.1) is 0 Å². The first-order valence-electron chi connectivity index (χ1n) is 4.62. The zero-order valence-electron chi connectivity index (χ0n) is 7.44. The second-order valence-electron chi connectivity index (χ2n) is 3.52. The van der Waals surface area contributed by atoms with Crippen LogP contribution in [0.2, 0.25) is 0 Å². The molecule has 2 unspecified atom stereocenters. The number of pyridine rings is 1. The summed E-state index contributed by atoms with van der Waals surface area (Å²) in [7, 11) is 0. The van der Waals surface area contributed by atoms with E-state index >= 15 is 0 Å². The van der Waals surface area contributed by atoms with E-state index in [1.807, 2.05) is 12.3 Å². The van der Waals surface area contributed by atoms with Crippen LogP contribution in [0.25, 0.3) is 0 Å². The van der Waals surface area contributed by atoms with Gasteiger partial charge in [-0.05, 0) is 6.07 Å². The van der Waals surface area contributed by atoms with E-state index in [0.29, 0.717) is 12.0 Å². The van der Waals surface area contributed by atoms with Crippen LogP contribution in [-0.2, 0) is 0 Å². The Morgan fingerprint density at radius 3 is 3.07 bits per heavy atom. The molecule has 2 heterocycles. The van der Waals surface area contributed by atoms with Crippen LogP contribution in [0.1, 0.15) is 11.5 Å². The third-order valence-electron chi connectivity index (χ3n) is 2.71. The minimum absolute atomic E-state index is 0.376. The van der Waals surface area contributed by atoms with Crippen molar-refractivity contribution >= 4 is 21.7 Å². The van der Waals surface area contributed by atoms with Crippen molar-refractivity contribution in [1.29, 1.82) is 0 Å². The molecule has 2 aliphatic rings. The summed E-state index contributed by atoms with van der Waals surface area (Å²) in [5.41, 5.74) is 1.28. The van der Waals surface area contributed by atoms with Gasteiger partial charge in [0.15, 0.2) is 0 Å². The van der Waals surface area contributed by atoms with Gasteiger partial charge in [0.2, 0.25) is 0 Å². The topological polar surface area (TPSA) is 24.9 Å². The van der Waals surface area contributed by atoms with E-state index in [0.717, 1.165) is 10.3 Å². The van der Waals surface area contributed by atoms with Crippen LogP contribution in [0.4, 0.5) is 5.82 Å². The monoisotopic (exact) mass is 248 g/mol. The van der Waals surface area contributed by atoms with Crippen molar-refractivity contribution in [3.8, 4) is 0 Å². The van der Waals surface area contributed by atoms with Crippen molar-refractivity contribution in [2.24, 2.45) is 0 Å². The summed E-state index contributed by atoms with van der Waals surface area (Å²) >= 11 is 3.57. The van der Waals surface area contributed by atoms with Gasteiger partial charge < -0.3 is 5.32 Å². The lowest BCUT2D eigenvalue weighted by Gasteiger charge is -2.15. The lowest BCUT2D eigenvalue weighted by molar-refractivity contribution is 0.802. The second-order valence-corrected chi connectivity index (χ2v) is 4.38. The molecule has 1 aromatic rings.